The highest BCUT2D eigenvalue weighted by molar-refractivity contribution is 6.02. The van der Waals surface area contributed by atoms with Gasteiger partial charge in [0, 0.05) is 18.1 Å². The summed E-state index contributed by atoms with van der Waals surface area (Å²) in [6.45, 7) is 1.38. The van der Waals surface area contributed by atoms with Crippen molar-refractivity contribution in [2.45, 2.75) is 13.0 Å². The van der Waals surface area contributed by atoms with Gasteiger partial charge in [-0.3, -0.25) is 15.0 Å². The molecule has 1 heterocycles. The van der Waals surface area contributed by atoms with Crippen LogP contribution in [-0.4, -0.2) is 38.7 Å². The lowest BCUT2D eigenvalue weighted by Crippen LogP contribution is -2.43. The van der Waals surface area contributed by atoms with Crippen molar-refractivity contribution in [2.24, 2.45) is 0 Å². The molecule has 0 aliphatic heterocycles. The quantitative estimate of drug-likeness (QED) is 0.651. The maximum absolute atomic E-state index is 12.2. The van der Waals surface area contributed by atoms with Gasteiger partial charge in [0.05, 0.1) is 0 Å². The number of nitrogens with zero attached hydrogens (tertiary/aromatic N) is 2. The van der Waals surface area contributed by atoms with Gasteiger partial charge in [-0.25, -0.2) is 14.5 Å². The third-order valence-electron chi connectivity index (χ3n) is 2.84. The average molecular weight is 317 g/mol. The molecule has 0 fully saturated rings. The van der Waals surface area contributed by atoms with Crippen molar-refractivity contribution in [3.05, 3.63) is 48.5 Å². The molecular formula is C14H15N5O4. The largest absolute Gasteiger partial charge is 0.465 e. The summed E-state index contributed by atoms with van der Waals surface area (Å²) in [7, 11) is 0. The number of benzene rings is 1. The predicted molar refractivity (Wildman–Crippen MR) is 81.6 cm³/mol. The smallest absolute Gasteiger partial charge is 0.405 e. The maximum atomic E-state index is 12.2. The molecule has 3 amide bonds. The van der Waals surface area contributed by atoms with Crippen molar-refractivity contribution in [3.63, 3.8) is 0 Å². The Kier molecular flexibility index (Phi) is 4.92. The Bertz CT molecular complexity index is 713. The van der Waals surface area contributed by atoms with E-state index >= 15 is 0 Å². The van der Waals surface area contributed by atoms with Crippen LogP contribution in [0.5, 0.6) is 0 Å². The van der Waals surface area contributed by atoms with Crippen molar-refractivity contribution in [3.8, 4) is 0 Å². The van der Waals surface area contributed by atoms with E-state index in [0.717, 1.165) is 4.68 Å². The average Bonchev–Trinajstić information content (AvgIpc) is 2.95. The van der Waals surface area contributed by atoms with Crippen LogP contribution < -0.4 is 16.1 Å². The van der Waals surface area contributed by atoms with E-state index in [9.17, 15) is 14.4 Å². The van der Waals surface area contributed by atoms with E-state index in [1.807, 2.05) is 11.4 Å². The Balaban J connectivity index is 2.05. The zero-order chi connectivity index (χ0) is 16.8. The number of imidazole rings is 1. The number of carbonyl (C=O) groups excluding carboxylic acids is 2. The van der Waals surface area contributed by atoms with E-state index in [0.29, 0.717) is 5.69 Å². The molecule has 1 aromatic heterocycles. The van der Waals surface area contributed by atoms with E-state index in [4.69, 9.17) is 5.11 Å². The van der Waals surface area contributed by atoms with Gasteiger partial charge >= 0.3 is 6.09 Å². The first-order valence-electron chi connectivity index (χ1n) is 6.67. The Morgan fingerprint density at radius 1 is 1.22 bits per heavy atom. The minimum absolute atomic E-state index is 0.0373. The van der Waals surface area contributed by atoms with Crippen LogP contribution in [0.25, 0.3) is 0 Å². The van der Waals surface area contributed by atoms with Crippen LogP contribution in [0.2, 0.25) is 0 Å². The number of hydrogen-bond acceptors (Lipinski definition) is 4. The highest BCUT2D eigenvalue weighted by atomic mass is 16.4. The number of carboxylic acid groups (broad SMARTS) is 1. The first kappa shape index (κ1) is 16.0. The van der Waals surface area contributed by atoms with Crippen LogP contribution in [0.15, 0.2) is 42.7 Å². The number of amides is 3. The molecule has 23 heavy (non-hydrogen) atoms. The highest BCUT2D eigenvalue weighted by Gasteiger charge is 2.19. The van der Waals surface area contributed by atoms with Gasteiger partial charge in [0.15, 0.2) is 0 Å². The summed E-state index contributed by atoms with van der Waals surface area (Å²) in [5, 5.41) is 13.2. The van der Waals surface area contributed by atoms with Crippen molar-refractivity contribution in [1.29, 1.82) is 0 Å². The van der Waals surface area contributed by atoms with Crippen LogP contribution in [-0.2, 0) is 4.79 Å². The Morgan fingerprint density at radius 3 is 2.57 bits per heavy atom. The van der Waals surface area contributed by atoms with Gasteiger partial charge in [0.1, 0.15) is 6.04 Å². The minimum Gasteiger partial charge on any atom is -0.465 e. The van der Waals surface area contributed by atoms with E-state index in [1.165, 1.54) is 19.3 Å². The number of nitrogens with one attached hydrogen (secondary N) is 3. The first-order valence-corrected chi connectivity index (χ1v) is 6.67. The third kappa shape index (κ3) is 4.30. The summed E-state index contributed by atoms with van der Waals surface area (Å²) < 4.78 is 1.13. The zero-order valence-corrected chi connectivity index (χ0v) is 12.2. The maximum Gasteiger partial charge on any atom is 0.405 e. The molecule has 2 rings (SSSR count). The summed E-state index contributed by atoms with van der Waals surface area (Å²) in [5.41, 5.74) is 2.97. The van der Waals surface area contributed by atoms with Crippen LogP contribution in [0, 0.1) is 0 Å². The molecule has 0 saturated heterocycles. The second-order valence-corrected chi connectivity index (χ2v) is 4.59. The Labute approximate surface area is 131 Å². The second-order valence-electron chi connectivity index (χ2n) is 4.59. The summed E-state index contributed by atoms with van der Waals surface area (Å²) >= 11 is 0. The summed E-state index contributed by atoms with van der Waals surface area (Å²) in [5.74, 6) is -1.18. The second kappa shape index (κ2) is 7.07. The normalized spacial score (nSPS) is 11.3. The van der Waals surface area contributed by atoms with Crippen molar-refractivity contribution in [1.82, 2.24) is 15.0 Å². The summed E-state index contributed by atoms with van der Waals surface area (Å²) in [6, 6.07) is 7.78. The van der Waals surface area contributed by atoms with Crippen molar-refractivity contribution >= 4 is 23.6 Å². The molecule has 4 N–H and O–H groups in total. The molecule has 0 radical (unpaired) electrons. The monoisotopic (exact) mass is 317 g/mol. The summed E-state index contributed by atoms with van der Waals surface area (Å²) in [4.78, 5) is 38.4. The summed E-state index contributed by atoms with van der Waals surface area (Å²) in [6.07, 6.45) is 1.40. The van der Waals surface area contributed by atoms with Crippen LogP contribution >= 0.6 is 0 Å². The Hall–Kier alpha value is -3.36. The topological polar surface area (TPSA) is 125 Å². The van der Waals surface area contributed by atoms with Gasteiger partial charge in [-0.2, -0.15) is 0 Å². The standard InChI is InChI=1S/C14H15N5O4/c1-9(16-14(22)23)12(20)18-19-8-7-15-11(19)13(21)17-10-5-3-2-4-6-10/h2-9,16H,1H3,(H,17,21)(H,18,20)(H,22,23). The molecular weight excluding hydrogens is 302 g/mol. The lowest BCUT2D eigenvalue weighted by Gasteiger charge is -2.14. The lowest BCUT2D eigenvalue weighted by atomic mass is 10.3. The molecule has 1 atom stereocenters. The van der Waals surface area contributed by atoms with Crippen LogP contribution in [0.4, 0.5) is 10.5 Å². The molecule has 1 aromatic carbocycles. The fourth-order valence-corrected chi connectivity index (χ4v) is 1.74. The first-order chi connectivity index (χ1) is 11.0. The molecule has 0 aliphatic rings. The Morgan fingerprint density at radius 2 is 1.91 bits per heavy atom. The molecule has 2 aromatic rings. The molecule has 9 heteroatoms. The molecule has 1 unspecified atom stereocenters. The number of para-hydroxylation sites is 1. The number of anilines is 1. The van der Waals surface area contributed by atoms with Gasteiger partial charge in [0.2, 0.25) is 5.82 Å². The van der Waals surface area contributed by atoms with E-state index in [-0.39, 0.29) is 5.82 Å². The molecule has 0 aliphatic carbocycles. The number of rotatable bonds is 5. The van der Waals surface area contributed by atoms with Gasteiger partial charge in [0.25, 0.3) is 11.8 Å². The van der Waals surface area contributed by atoms with Crippen molar-refractivity contribution < 1.29 is 19.5 Å². The molecule has 0 bridgehead atoms. The van der Waals surface area contributed by atoms with Gasteiger partial charge in [-0.1, -0.05) is 18.2 Å². The van der Waals surface area contributed by atoms with Gasteiger partial charge in [-0.05, 0) is 19.1 Å². The van der Waals surface area contributed by atoms with E-state index in [2.05, 4.69) is 15.7 Å². The fraction of sp³-hybridized carbons (Fsp3) is 0.143. The lowest BCUT2D eigenvalue weighted by molar-refractivity contribution is -0.118. The number of carbonyl (C=O) groups is 3. The predicted octanol–water partition coefficient (Wildman–Crippen LogP) is 0.862. The number of hydrogen-bond donors (Lipinski definition) is 4. The van der Waals surface area contributed by atoms with E-state index < -0.39 is 23.9 Å². The third-order valence-corrected chi connectivity index (χ3v) is 2.84. The van der Waals surface area contributed by atoms with E-state index in [1.54, 1.807) is 24.3 Å². The van der Waals surface area contributed by atoms with Crippen LogP contribution in [0.1, 0.15) is 17.5 Å². The van der Waals surface area contributed by atoms with Crippen molar-refractivity contribution in [2.75, 3.05) is 10.7 Å². The van der Waals surface area contributed by atoms with Gasteiger partial charge in [-0.15, -0.1) is 0 Å². The number of aromatic nitrogens is 2. The highest BCUT2D eigenvalue weighted by Crippen LogP contribution is 2.07. The van der Waals surface area contributed by atoms with Crippen LogP contribution in [0.3, 0.4) is 0 Å². The minimum atomic E-state index is -1.32. The molecule has 9 nitrogen and oxygen atoms in total. The van der Waals surface area contributed by atoms with Gasteiger partial charge < -0.3 is 15.7 Å². The SMILES string of the molecule is CC(NC(=O)O)C(=O)Nn1ccnc1C(=O)Nc1ccccc1. The molecule has 0 saturated carbocycles. The molecule has 0 spiro atoms. The fourth-order valence-electron chi connectivity index (χ4n) is 1.74. The zero-order valence-electron chi connectivity index (χ0n) is 12.2. The molecule has 120 valence electrons.